The second kappa shape index (κ2) is 9.62. The van der Waals surface area contributed by atoms with Crippen molar-refractivity contribution in [3.63, 3.8) is 0 Å². The minimum Gasteiger partial charge on any atom is -0.337 e. The van der Waals surface area contributed by atoms with Crippen LogP contribution < -0.4 is 0 Å². The SMILES string of the molecule is CCc1c(C(=O)N2CCCN(Cc3ccc(F)cc3)CC2)cnn1-c1cccc(Cl)c1. The van der Waals surface area contributed by atoms with Crippen LogP contribution in [-0.4, -0.2) is 51.7 Å². The molecule has 3 aromatic rings. The molecule has 2 aromatic carbocycles. The Bertz CT molecular complexity index is 1050. The molecule has 0 saturated carbocycles. The predicted molar refractivity (Wildman–Crippen MR) is 120 cm³/mol. The molecule has 1 fully saturated rings. The van der Waals surface area contributed by atoms with Crippen LogP contribution in [0.4, 0.5) is 4.39 Å². The third-order valence-electron chi connectivity index (χ3n) is 5.68. The van der Waals surface area contributed by atoms with Crippen molar-refractivity contribution >= 4 is 17.5 Å². The Morgan fingerprint density at radius 3 is 2.65 bits per heavy atom. The van der Waals surface area contributed by atoms with E-state index in [4.69, 9.17) is 11.6 Å². The summed E-state index contributed by atoms with van der Waals surface area (Å²) in [6, 6.07) is 14.1. The topological polar surface area (TPSA) is 41.4 Å². The fourth-order valence-corrected chi connectivity index (χ4v) is 4.26. The van der Waals surface area contributed by atoms with Crippen LogP contribution in [0.2, 0.25) is 5.02 Å². The molecule has 1 aliphatic rings. The Morgan fingerprint density at radius 1 is 1.10 bits per heavy atom. The molecule has 0 bridgehead atoms. The zero-order valence-corrected chi connectivity index (χ0v) is 18.4. The van der Waals surface area contributed by atoms with Crippen molar-refractivity contribution in [3.8, 4) is 5.69 Å². The summed E-state index contributed by atoms with van der Waals surface area (Å²) in [5.41, 5.74) is 3.47. The maximum absolute atomic E-state index is 13.3. The molecule has 5 nitrogen and oxygen atoms in total. The van der Waals surface area contributed by atoms with Gasteiger partial charge in [0.05, 0.1) is 23.1 Å². The molecular weight excluding hydrogens is 415 g/mol. The van der Waals surface area contributed by atoms with Gasteiger partial charge in [-0.05, 0) is 48.7 Å². The Morgan fingerprint density at radius 2 is 1.90 bits per heavy atom. The van der Waals surface area contributed by atoms with E-state index in [-0.39, 0.29) is 11.7 Å². The van der Waals surface area contributed by atoms with Crippen LogP contribution in [0, 0.1) is 5.82 Å². The molecule has 2 heterocycles. The normalized spacial score (nSPS) is 15.1. The molecule has 0 N–H and O–H groups in total. The van der Waals surface area contributed by atoms with Crippen LogP contribution in [0.5, 0.6) is 0 Å². The summed E-state index contributed by atoms with van der Waals surface area (Å²) in [6.07, 6.45) is 3.26. The first kappa shape index (κ1) is 21.5. The predicted octanol–water partition coefficient (Wildman–Crippen LogP) is 4.58. The van der Waals surface area contributed by atoms with Gasteiger partial charge >= 0.3 is 0 Å². The number of nitrogens with zero attached hydrogens (tertiary/aromatic N) is 4. The summed E-state index contributed by atoms with van der Waals surface area (Å²) in [5.74, 6) is -0.199. The van der Waals surface area contributed by atoms with Crippen molar-refractivity contribution in [2.75, 3.05) is 26.2 Å². The summed E-state index contributed by atoms with van der Waals surface area (Å²) in [4.78, 5) is 17.6. The van der Waals surface area contributed by atoms with E-state index < -0.39 is 0 Å². The van der Waals surface area contributed by atoms with Gasteiger partial charge in [0.25, 0.3) is 5.91 Å². The molecule has 31 heavy (non-hydrogen) atoms. The largest absolute Gasteiger partial charge is 0.337 e. The van der Waals surface area contributed by atoms with Gasteiger partial charge < -0.3 is 4.90 Å². The van der Waals surface area contributed by atoms with Gasteiger partial charge in [0.2, 0.25) is 0 Å². The van der Waals surface area contributed by atoms with Crippen molar-refractivity contribution in [1.29, 1.82) is 0 Å². The minimum atomic E-state index is -0.221. The van der Waals surface area contributed by atoms with Gasteiger partial charge in [-0.15, -0.1) is 0 Å². The van der Waals surface area contributed by atoms with Gasteiger partial charge in [-0.3, -0.25) is 9.69 Å². The summed E-state index contributed by atoms with van der Waals surface area (Å²) in [5, 5.41) is 5.12. The first-order valence-corrected chi connectivity index (χ1v) is 11.0. The molecule has 1 amide bonds. The van der Waals surface area contributed by atoms with E-state index in [9.17, 15) is 9.18 Å². The lowest BCUT2D eigenvalue weighted by Gasteiger charge is -2.22. The number of amides is 1. The molecule has 1 aliphatic heterocycles. The summed E-state index contributed by atoms with van der Waals surface area (Å²) < 4.78 is 15.0. The minimum absolute atomic E-state index is 0.0220. The average molecular weight is 441 g/mol. The molecule has 0 unspecified atom stereocenters. The quantitative estimate of drug-likeness (QED) is 0.583. The third-order valence-corrected chi connectivity index (χ3v) is 5.92. The standard InChI is InChI=1S/C24H26ClFN4O/c1-2-23-22(16-27-30(23)21-6-3-5-19(25)15-21)24(31)29-12-4-11-28(13-14-29)17-18-7-9-20(26)10-8-18/h3,5-10,15-16H,2,4,11-14,17H2,1H3. The number of rotatable bonds is 5. The number of carbonyl (C=O) groups is 1. The second-order valence-corrected chi connectivity index (χ2v) is 8.23. The lowest BCUT2D eigenvalue weighted by atomic mass is 10.1. The van der Waals surface area contributed by atoms with E-state index in [1.807, 2.05) is 48.2 Å². The van der Waals surface area contributed by atoms with Crippen molar-refractivity contribution < 1.29 is 9.18 Å². The average Bonchev–Trinajstić information content (AvgIpc) is 3.07. The molecular formula is C24H26ClFN4O. The van der Waals surface area contributed by atoms with E-state index in [0.29, 0.717) is 30.1 Å². The maximum Gasteiger partial charge on any atom is 0.257 e. The lowest BCUT2D eigenvalue weighted by molar-refractivity contribution is 0.0760. The molecule has 0 atom stereocenters. The third kappa shape index (κ3) is 4.97. The molecule has 0 radical (unpaired) electrons. The second-order valence-electron chi connectivity index (χ2n) is 7.80. The number of aromatic nitrogens is 2. The zero-order chi connectivity index (χ0) is 21.8. The first-order valence-electron chi connectivity index (χ1n) is 10.6. The lowest BCUT2D eigenvalue weighted by Crippen LogP contribution is -2.35. The van der Waals surface area contributed by atoms with Crippen LogP contribution >= 0.6 is 11.6 Å². The van der Waals surface area contributed by atoms with E-state index in [1.165, 1.54) is 12.1 Å². The highest BCUT2D eigenvalue weighted by molar-refractivity contribution is 6.30. The molecule has 4 rings (SSSR count). The van der Waals surface area contributed by atoms with Crippen LogP contribution in [0.25, 0.3) is 5.69 Å². The van der Waals surface area contributed by atoms with Gasteiger partial charge in [-0.25, -0.2) is 9.07 Å². The van der Waals surface area contributed by atoms with E-state index in [2.05, 4.69) is 10.00 Å². The Hall–Kier alpha value is -2.70. The van der Waals surface area contributed by atoms with Crippen molar-refractivity contribution in [2.45, 2.75) is 26.3 Å². The molecule has 0 aliphatic carbocycles. The van der Waals surface area contributed by atoms with Crippen LogP contribution in [0.3, 0.4) is 0 Å². The fourth-order valence-electron chi connectivity index (χ4n) is 4.07. The van der Waals surface area contributed by atoms with Crippen LogP contribution in [-0.2, 0) is 13.0 Å². The number of halogens is 2. The molecule has 0 spiro atoms. The summed E-state index contributed by atoms with van der Waals surface area (Å²) in [6.45, 7) is 5.85. The fraction of sp³-hybridized carbons (Fsp3) is 0.333. The zero-order valence-electron chi connectivity index (χ0n) is 17.6. The number of hydrogen-bond acceptors (Lipinski definition) is 3. The molecule has 162 valence electrons. The molecule has 1 aromatic heterocycles. The van der Waals surface area contributed by atoms with Crippen LogP contribution in [0.15, 0.2) is 54.7 Å². The van der Waals surface area contributed by atoms with Gasteiger partial charge in [0.1, 0.15) is 5.82 Å². The van der Waals surface area contributed by atoms with Gasteiger partial charge in [-0.2, -0.15) is 5.10 Å². The number of carbonyl (C=O) groups excluding carboxylic acids is 1. The van der Waals surface area contributed by atoms with E-state index in [1.54, 1.807) is 10.9 Å². The van der Waals surface area contributed by atoms with Gasteiger partial charge in [0, 0.05) is 37.7 Å². The highest BCUT2D eigenvalue weighted by Crippen LogP contribution is 2.21. The van der Waals surface area contributed by atoms with Gasteiger partial charge in [0.15, 0.2) is 0 Å². The van der Waals surface area contributed by atoms with E-state index in [0.717, 1.165) is 43.0 Å². The number of hydrogen-bond donors (Lipinski definition) is 0. The monoisotopic (exact) mass is 440 g/mol. The highest BCUT2D eigenvalue weighted by atomic mass is 35.5. The van der Waals surface area contributed by atoms with Crippen LogP contribution in [0.1, 0.15) is 35.0 Å². The molecule has 7 heteroatoms. The van der Waals surface area contributed by atoms with Crippen molar-refractivity contribution in [3.05, 3.63) is 82.4 Å². The Kier molecular flexibility index (Phi) is 6.68. The summed E-state index contributed by atoms with van der Waals surface area (Å²) in [7, 11) is 0. The van der Waals surface area contributed by atoms with E-state index >= 15 is 0 Å². The maximum atomic E-state index is 13.3. The van der Waals surface area contributed by atoms with Crippen molar-refractivity contribution in [1.82, 2.24) is 19.6 Å². The number of benzene rings is 2. The smallest absolute Gasteiger partial charge is 0.257 e. The van der Waals surface area contributed by atoms with Gasteiger partial charge in [-0.1, -0.05) is 36.7 Å². The first-order chi connectivity index (χ1) is 15.0. The Balaban J connectivity index is 1.46. The Labute approximate surface area is 187 Å². The molecule has 1 saturated heterocycles. The highest BCUT2D eigenvalue weighted by Gasteiger charge is 2.24. The van der Waals surface area contributed by atoms with Crippen molar-refractivity contribution in [2.24, 2.45) is 0 Å². The summed E-state index contributed by atoms with van der Waals surface area (Å²) >= 11 is 6.14.